The van der Waals surface area contributed by atoms with Gasteiger partial charge in [-0.3, -0.25) is 4.79 Å². The van der Waals surface area contributed by atoms with Crippen molar-refractivity contribution in [1.82, 2.24) is 0 Å². The largest absolute Gasteiger partial charge is 0.461 e. The first kappa shape index (κ1) is 20.6. The highest BCUT2D eigenvalue weighted by Crippen LogP contribution is 2.52. The second-order valence-electron chi connectivity index (χ2n) is 9.17. The third kappa shape index (κ3) is 3.87. The number of esters is 1. The van der Waals surface area contributed by atoms with Gasteiger partial charge in [-0.15, -0.1) is 0 Å². The van der Waals surface area contributed by atoms with Crippen molar-refractivity contribution in [3.63, 3.8) is 0 Å². The van der Waals surface area contributed by atoms with Crippen molar-refractivity contribution in [3.8, 4) is 0 Å². The maximum Gasteiger partial charge on any atom is 0.302 e. The number of aliphatic hydroxyl groups excluding tert-OH is 2. The van der Waals surface area contributed by atoms with Crippen LogP contribution in [-0.4, -0.2) is 46.7 Å². The van der Waals surface area contributed by atoms with Crippen LogP contribution in [0.3, 0.4) is 0 Å². The molecule has 2 N–H and O–H groups in total. The van der Waals surface area contributed by atoms with E-state index in [4.69, 9.17) is 9.47 Å². The number of ether oxygens (including phenoxy) is 2. The average molecular weight is 379 g/mol. The minimum atomic E-state index is -0.869. The zero-order valence-electron chi connectivity index (χ0n) is 17.2. The van der Waals surface area contributed by atoms with Gasteiger partial charge in [0.15, 0.2) is 0 Å². The van der Waals surface area contributed by atoms with Gasteiger partial charge in [0.25, 0.3) is 0 Å². The Kier molecular flexibility index (Phi) is 5.59. The van der Waals surface area contributed by atoms with Gasteiger partial charge < -0.3 is 19.7 Å². The molecule has 5 heteroatoms. The van der Waals surface area contributed by atoms with Crippen molar-refractivity contribution in [3.05, 3.63) is 22.8 Å². The maximum atomic E-state index is 11.5. The average Bonchev–Trinajstić information content (AvgIpc) is 3.25. The highest BCUT2D eigenvalue weighted by Gasteiger charge is 2.58. The predicted octanol–water partition coefficient (Wildman–Crippen LogP) is 3.29. The number of epoxide rings is 1. The number of fused-ring (bicyclic) bond motifs is 2. The predicted molar refractivity (Wildman–Crippen MR) is 103 cm³/mol. The quantitative estimate of drug-likeness (QED) is 0.438. The van der Waals surface area contributed by atoms with Crippen LogP contribution in [0.15, 0.2) is 22.8 Å². The normalized spacial score (nSPS) is 44.3. The lowest BCUT2D eigenvalue weighted by atomic mass is 9.60. The van der Waals surface area contributed by atoms with E-state index in [-0.39, 0.29) is 35.6 Å². The Labute approximate surface area is 162 Å². The van der Waals surface area contributed by atoms with Gasteiger partial charge in [-0.05, 0) is 68.4 Å². The summed E-state index contributed by atoms with van der Waals surface area (Å²) in [5.41, 5.74) is 2.24. The fraction of sp³-hybridized carbons (Fsp3) is 0.773. The summed E-state index contributed by atoms with van der Waals surface area (Å²) in [5, 5.41) is 22.0. The van der Waals surface area contributed by atoms with Crippen LogP contribution in [0.4, 0.5) is 0 Å². The second-order valence-corrected chi connectivity index (χ2v) is 9.17. The molecule has 1 saturated heterocycles. The summed E-state index contributed by atoms with van der Waals surface area (Å²) < 4.78 is 11.3. The van der Waals surface area contributed by atoms with Crippen molar-refractivity contribution in [2.75, 3.05) is 6.61 Å². The summed E-state index contributed by atoms with van der Waals surface area (Å²) in [4.78, 5) is 11.5. The molecule has 2 aliphatic carbocycles. The van der Waals surface area contributed by atoms with Gasteiger partial charge in [0, 0.05) is 6.92 Å². The summed E-state index contributed by atoms with van der Waals surface area (Å²) in [5.74, 6) is -0.132. The summed E-state index contributed by atoms with van der Waals surface area (Å²) in [6.45, 7) is 10.0. The van der Waals surface area contributed by atoms with E-state index in [0.29, 0.717) is 12.0 Å². The number of carbonyl (C=O) groups excluding carboxylic acids is 1. The lowest BCUT2D eigenvalue weighted by Gasteiger charge is -2.46. The van der Waals surface area contributed by atoms with Gasteiger partial charge in [0.2, 0.25) is 0 Å². The summed E-state index contributed by atoms with van der Waals surface area (Å²) in [6.07, 6.45) is 4.58. The maximum absolute atomic E-state index is 11.5. The lowest BCUT2D eigenvalue weighted by Crippen LogP contribution is -2.44. The molecule has 5 nitrogen and oxygen atoms in total. The van der Waals surface area contributed by atoms with Crippen LogP contribution in [0.25, 0.3) is 0 Å². The van der Waals surface area contributed by atoms with Crippen molar-refractivity contribution in [1.29, 1.82) is 0 Å². The molecule has 1 aliphatic heterocycles. The van der Waals surface area contributed by atoms with Crippen LogP contribution < -0.4 is 0 Å². The van der Waals surface area contributed by atoms with Crippen LogP contribution in [0.2, 0.25) is 0 Å². The van der Waals surface area contributed by atoms with E-state index < -0.39 is 12.2 Å². The molecular formula is C22H34O5. The smallest absolute Gasteiger partial charge is 0.302 e. The first-order valence-corrected chi connectivity index (χ1v) is 10.1. The topological polar surface area (TPSA) is 79.3 Å². The van der Waals surface area contributed by atoms with Gasteiger partial charge in [-0.25, -0.2) is 0 Å². The van der Waals surface area contributed by atoms with E-state index in [1.54, 1.807) is 0 Å². The van der Waals surface area contributed by atoms with Gasteiger partial charge in [-0.1, -0.05) is 25.5 Å². The van der Waals surface area contributed by atoms with Gasteiger partial charge in [0.1, 0.15) is 18.8 Å². The van der Waals surface area contributed by atoms with Crippen molar-refractivity contribution < 1.29 is 24.5 Å². The molecule has 0 spiro atoms. The van der Waals surface area contributed by atoms with Crippen molar-refractivity contribution in [2.45, 2.75) is 90.6 Å². The number of aliphatic hydroxyl groups is 2. The molecule has 1 unspecified atom stereocenters. The van der Waals surface area contributed by atoms with Crippen LogP contribution in [0.1, 0.15) is 66.7 Å². The third-order valence-electron chi connectivity index (χ3n) is 7.20. The Morgan fingerprint density at radius 1 is 1.33 bits per heavy atom. The van der Waals surface area contributed by atoms with E-state index in [1.165, 1.54) is 12.5 Å². The van der Waals surface area contributed by atoms with E-state index in [0.717, 1.165) is 31.3 Å². The molecule has 6 atom stereocenters. The van der Waals surface area contributed by atoms with Crippen LogP contribution in [0, 0.1) is 11.3 Å². The Balaban J connectivity index is 2.08. The zero-order valence-corrected chi connectivity index (χ0v) is 17.2. The van der Waals surface area contributed by atoms with E-state index in [9.17, 15) is 15.0 Å². The van der Waals surface area contributed by atoms with Crippen LogP contribution >= 0.6 is 0 Å². The van der Waals surface area contributed by atoms with Crippen molar-refractivity contribution >= 4 is 5.97 Å². The molecule has 152 valence electrons. The van der Waals surface area contributed by atoms with E-state index >= 15 is 0 Å². The Morgan fingerprint density at radius 2 is 2.04 bits per heavy atom. The number of rotatable bonds is 2. The minimum absolute atomic E-state index is 0.117. The van der Waals surface area contributed by atoms with Crippen LogP contribution in [0.5, 0.6) is 0 Å². The summed E-state index contributed by atoms with van der Waals surface area (Å²) in [7, 11) is 0. The molecular weight excluding hydrogens is 344 g/mol. The molecule has 3 aliphatic rings. The Bertz CT molecular complexity index is 666. The molecule has 1 fully saturated rings. The third-order valence-corrected chi connectivity index (χ3v) is 7.20. The fourth-order valence-electron chi connectivity index (χ4n) is 4.93. The molecule has 0 aromatic carbocycles. The number of hydrogen-bond donors (Lipinski definition) is 2. The van der Waals surface area contributed by atoms with E-state index in [2.05, 4.69) is 26.8 Å². The Hall–Kier alpha value is -1.17. The zero-order chi connectivity index (χ0) is 20.0. The number of hydrogen-bond acceptors (Lipinski definition) is 5. The SMILES string of the molecule is CC(=O)OCC1=C2[C@@H](O)[C@H]3O[C@]3(C)CC/C=C(\C)CCC1(C)[C@H](C)C[C@@H]2O. The first-order chi connectivity index (χ1) is 12.6. The Morgan fingerprint density at radius 3 is 2.70 bits per heavy atom. The standard InChI is InChI=1S/C22H34O5/c1-13-7-6-9-22(5)20(27-22)19(25)18-16(12-26-15(3)23)21(4,10-8-13)14(2)11-17(18)24/h7,14,17,19-20,24-25H,6,8-12H2,1-5H3/b13-7+/t14-,17+,19-,20-,21?,22-/m1/s1. The highest BCUT2D eigenvalue weighted by molar-refractivity contribution is 5.66. The molecule has 2 bridgehead atoms. The van der Waals surface area contributed by atoms with E-state index in [1.807, 2.05) is 6.92 Å². The van der Waals surface area contributed by atoms with Gasteiger partial charge >= 0.3 is 5.97 Å². The molecule has 0 amide bonds. The van der Waals surface area contributed by atoms with Crippen LogP contribution in [-0.2, 0) is 14.3 Å². The lowest BCUT2D eigenvalue weighted by molar-refractivity contribution is -0.140. The molecule has 3 rings (SSSR count). The monoisotopic (exact) mass is 378 g/mol. The molecule has 0 radical (unpaired) electrons. The number of carbonyl (C=O) groups is 1. The van der Waals surface area contributed by atoms with Crippen molar-refractivity contribution in [2.24, 2.45) is 11.3 Å². The molecule has 27 heavy (non-hydrogen) atoms. The second kappa shape index (κ2) is 7.34. The number of allylic oxidation sites excluding steroid dienone is 2. The summed E-state index contributed by atoms with van der Waals surface area (Å²) >= 11 is 0. The molecule has 0 saturated carbocycles. The van der Waals surface area contributed by atoms with Gasteiger partial charge in [-0.2, -0.15) is 0 Å². The highest BCUT2D eigenvalue weighted by atomic mass is 16.6. The van der Waals surface area contributed by atoms with Gasteiger partial charge in [0.05, 0.1) is 11.7 Å². The fourth-order valence-corrected chi connectivity index (χ4v) is 4.93. The first-order valence-electron chi connectivity index (χ1n) is 10.1. The minimum Gasteiger partial charge on any atom is -0.461 e. The molecule has 0 aromatic rings. The molecule has 1 heterocycles. The molecule has 0 aromatic heterocycles. The summed E-state index contributed by atoms with van der Waals surface area (Å²) in [6, 6.07) is 0.